The lowest BCUT2D eigenvalue weighted by atomic mass is 10.1. The van der Waals surface area contributed by atoms with Gasteiger partial charge in [-0.05, 0) is 30.4 Å². The zero-order valence-corrected chi connectivity index (χ0v) is 12.4. The minimum atomic E-state index is -0.672. The fourth-order valence-electron chi connectivity index (χ4n) is 1.77. The second-order valence-electron chi connectivity index (χ2n) is 4.37. The van der Waals surface area contributed by atoms with E-state index in [2.05, 4.69) is 10.6 Å². The van der Waals surface area contributed by atoms with E-state index in [0.717, 1.165) is 17.7 Å². The number of primary amides is 1. The van der Waals surface area contributed by atoms with Crippen LogP contribution in [0.25, 0.3) is 0 Å². The minimum absolute atomic E-state index is 0.186. The van der Waals surface area contributed by atoms with E-state index in [1.807, 2.05) is 36.6 Å². The van der Waals surface area contributed by atoms with E-state index < -0.39 is 12.1 Å². The first-order chi connectivity index (χ1) is 9.63. The van der Waals surface area contributed by atoms with Crippen LogP contribution in [0.5, 0.6) is 0 Å². The number of carbonyl (C=O) groups is 2. The molecule has 0 saturated carbocycles. The van der Waals surface area contributed by atoms with E-state index in [0.29, 0.717) is 13.0 Å². The Morgan fingerprint density at radius 3 is 2.60 bits per heavy atom. The highest BCUT2D eigenvalue weighted by molar-refractivity contribution is 7.98. The van der Waals surface area contributed by atoms with Crippen LogP contribution < -0.4 is 16.4 Å². The van der Waals surface area contributed by atoms with Gasteiger partial charge >= 0.3 is 6.03 Å². The first-order valence-electron chi connectivity index (χ1n) is 6.50. The first kappa shape index (κ1) is 16.4. The summed E-state index contributed by atoms with van der Waals surface area (Å²) in [5.41, 5.74) is 6.25. The molecule has 0 aliphatic carbocycles. The molecule has 0 saturated heterocycles. The number of hydrogen-bond donors (Lipinski definition) is 3. The molecule has 0 aliphatic rings. The Labute approximate surface area is 123 Å². The van der Waals surface area contributed by atoms with Crippen LogP contribution in [-0.4, -0.2) is 36.5 Å². The number of hydrogen-bond acceptors (Lipinski definition) is 3. The molecule has 1 rings (SSSR count). The molecule has 1 aromatic carbocycles. The molecular formula is C14H21N3O2S. The van der Waals surface area contributed by atoms with Crippen molar-refractivity contribution in [1.82, 2.24) is 10.6 Å². The van der Waals surface area contributed by atoms with Crippen LogP contribution in [-0.2, 0) is 11.2 Å². The Kier molecular flexibility index (Phi) is 7.57. The molecule has 1 atom stereocenters. The molecule has 1 unspecified atom stereocenters. The first-order valence-corrected chi connectivity index (χ1v) is 7.89. The van der Waals surface area contributed by atoms with Crippen LogP contribution in [0.1, 0.15) is 12.0 Å². The van der Waals surface area contributed by atoms with Gasteiger partial charge in [0.15, 0.2) is 0 Å². The van der Waals surface area contributed by atoms with Gasteiger partial charge in [0.25, 0.3) is 0 Å². The summed E-state index contributed by atoms with van der Waals surface area (Å²) in [6, 6.07) is 8.68. The number of carbonyl (C=O) groups excluding carboxylic acids is 2. The highest BCUT2D eigenvalue weighted by Gasteiger charge is 2.18. The summed E-state index contributed by atoms with van der Waals surface area (Å²) in [4.78, 5) is 22.9. The maximum absolute atomic E-state index is 12.0. The number of rotatable bonds is 8. The molecule has 20 heavy (non-hydrogen) atoms. The van der Waals surface area contributed by atoms with E-state index >= 15 is 0 Å². The lowest BCUT2D eigenvalue weighted by Crippen LogP contribution is -2.49. The average molecular weight is 295 g/mol. The standard InChI is InChI=1S/C14H21N3O2S/c1-20-10-8-12(17-14(15)19)13(18)16-9-7-11-5-3-2-4-6-11/h2-6,12H,7-10H2,1H3,(H,16,18)(H3,15,17,19). The number of urea groups is 1. The topological polar surface area (TPSA) is 84.2 Å². The van der Waals surface area contributed by atoms with Crippen molar-refractivity contribution in [3.8, 4) is 0 Å². The number of amides is 3. The third kappa shape index (κ3) is 6.47. The fourth-order valence-corrected chi connectivity index (χ4v) is 2.25. The van der Waals surface area contributed by atoms with Crippen LogP contribution in [0.15, 0.2) is 30.3 Å². The summed E-state index contributed by atoms with van der Waals surface area (Å²) in [6.45, 7) is 0.541. The maximum atomic E-state index is 12.0. The zero-order chi connectivity index (χ0) is 14.8. The van der Waals surface area contributed by atoms with Crippen molar-refractivity contribution in [2.75, 3.05) is 18.6 Å². The van der Waals surface area contributed by atoms with E-state index in [4.69, 9.17) is 5.73 Å². The van der Waals surface area contributed by atoms with Crippen molar-refractivity contribution in [2.24, 2.45) is 5.73 Å². The molecule has 0 fully saturated rings. The van der Waals surface area contributed by atoms with Crippen LogP contribution >= 0.6 is 11.8 Å². The van der Waals surface area contributed by atoms with E-state index in [9.17, 15) is 9.59 Å². The van der Waals surface area contributed by atoms with Crippen LogP contribution in [0.2, 0.25) is 0 Å². The molecule has 3 amide bonds. The molecular weight excluding hydrogens is 274 g/mol. The summed E-state index contributed by atoms with van der Waals surface area (Å²) in [5.74, 6) is 0.602. The van der Waals surface area contributed by atoms with Crippen molar-refractivity contribution in [2.45, 2.75) is 18.9 Å². The Morgan fingerprint density at radius 1 is 1.30 bits per heavy atom. The highest BCUT2D eigenvalue weighted by Crippen LogP contribution is 2.02. The van der Waals surface area contributed by atoms with Crippen LogP contribution in [0.3, 0.4) is 0 Å². The van der Waals surface area contributed by atoms with Gasteiger partial charge in [-0.15, -0.1) is 0 Å². The number of benzene rings is 1. The third-order valence-corrected chi connectivity index (χ3v) is 3.44. The van der Waals surface area contributed by atoms with Crippen LogP contribution in [0.4, 0.5) is 4.79 Å². The van der Waals surface area contributed by atoms with Gasteiger partial charge in [-0.25, -0.2) is 4.79 Å². The van der Waals surface area contributed by atoms with E-state index in [1.165, 1.54) is 0 Å². The predicted octanol–water partition coefficient (Wildman–Crippen LogP) is 1.14. The smallest absolute Gasteiger partial charge is 0.312 e. The number of nitrogens with two attached hydrogens (primary N) is 1. The lowest BCUT2D eigenvalue weighted by Gasteiger charge is -2.16. The average Bonchev–Trinajstić information content (AvgIpc) is 2.44. The van der Waals surface area contributed by atoms with Gasteiger partial charge in [-0.2, -0.15) is 11.8 Å². The maximum Gasteiger partial charge on any atom is 0.312 e. The molecule has 4 N–H and O–H groups in total. The molecule has 0 heterocycles. The molecule has 5 nitrogen and oxygen atoms in total. The number of nitrogens with one attached hydrogen (secondary N) is 2. The van der Waals surface area contributed by atoms with Gasteiger partial charge in [0.05, 0.1) is 0 Å². The second-order valence-corrected chi connectivity index (χ2v) is 5.35. The fraction of sp³-hybridized carbons (Fsp3) is 0.429. The molecule has 6 heteroatoms. The summed E-state index contributed by atoms with van der Waals surface area (Å²) in [5, 5.41) is 5.30. The minimum Gasteiger partial charge on any atom is -0.354 e. The largest absolute Gasteiger partial charge is 0.354 e. The van der Waals surface area contributed by atoms with Crippen molar-refractivity contribution in [3.63, 3.8) is 0 Å². The van der Waals surface area contributed by atoms with Gasteiger partial charge in [0.1, 0.15) is 6.04 Å². The molecule has 0 radical (unpaired) electrons. The Bertz CT molecular complexity index is 426. The summed E-state index contributed by atoms with van der Waals surface area (Å²) < 4.78 is 0. The van der Waals surface area contributed by atoms with E-state index in [1.54, 1.807) is 11.8 Å². The molecule has 0 aliphatic heterocycles. The van der Waals surface area contributed by atoms with Gasteiger partial charge in [0, 0.05) is 6.54 Å². The Morgan fingerprint density at radius 2 is 2.00 bits per heavy atom. The molecule has 0 bridgehead atoms. The molecule has 0 aromatic heterocycles. The van der Waals surface area contributed by atoms with Gasteiger partial charge < -0.3 is 16.4 Å². The van der Waals surface area contributed by atoms with Crippen molar-refractivity contribution in [1.29, 1.82) is 0 Å². The van der Waals surface area contributed by atoms with Crippen molar-refractivity contribution >= 4 is 23.7 Å². The molecule has 110 valence electrons. The van der Waals surface area contributed by atoms with Crippen molar-refractivity contribution < 1.29 is 9.59 Å². The lowest BCUT2D eigenvalue weighted by molar-refractivity contribution is -0.122. The SMILES string of the molecule is CSCCC(NC(N)=O)C(=O)NCCc1ccccc1. The summed E-state index contributed by atoms with van der Waals surface area (Å²) in [7, 11) is 0. The van der Waals surface area contributed by atoms with Crippen LogP contribution in [0, 0.1) is 0 Å². The normalized spacial score (nSPS) is 11.7. The number of thioether (sulfide) groups is 1. The Balaban J connectivity index is 2.38. The monoisotopic (exact) mass is 295 g/mol. The highest BCUT2D eigenvalue weighted by atomic mass is 32.2. The molecule has 1 aromatic rings. The van der Waals surface area contributed by atoms with Gasteiger partial charge in [-0.1, -0.05) is 30.3 Å². The third-order valence-electron chi connectivity index (χ3n) is 2.80. The summed E-state index contributed by atoms with van der Waals surface area (Å²) >= 11 is 1.62. The Hall–Kier alpha value is -1.69. The zero-order valence-electron chi connectivity index (χ0n) is 11.6. The second kappa shape index (κ2) is 9.25. The summed E-state index contributed by atoms with van der Waals surface area (Å²) in [6.07, 6.45) is 3.29. The van der Waals surface area contributed by atoms with Gasteiger partial charge in [-0.3, -0.25) is 4.79 Å². The molecule has 0 spiro atoms. The predicted molar refractivity (Wildman–Crippen MR) is 82.7 cm³/mol. The van der Waals surface area contributed by atoms with E-state index in [-0.39, 0.29) is 5.91 Å². The quantitative estimate of drug-likeness (QED) is 0.672. The van der Waals surface area contributed by atoms with Crippen molar-refractivity contribution in [3.05, 3.63) is 35.9 Å². The van der Waals surface area contributed by atoms with Gasteiger partial charge in [0.2, 0.25) is 5.91 Å².